The third kappa shape index (κ3) is 2.60. The quantitative estimate of drug-likeness (QED) is 0.413. The lowest BCUT2D eigenvalue weighted by Gasteiger charge is -2.03. The summed E-state index contributed by atoms with van der Waals surface area (Å²) >= 11 is 6.24. The summed E-state index contributed by atoms with van der Waals surface area (Å²) < 4.78 is 1.21. The molecule has 0 saturated carbocycles. The van der Waals surface area contributed by atoms with Gasteiger partial charge in [-0.2, -0.15) is 5.10 Å². The second kappa shape index (κ2) is 6.02. The molecule has 0 bridgehead atoms. The molecule has 3 aromatic rings. The van der Waals surface area contributed by atoms with Crippen molar-refractivity contribution in [1.29, 1.82) is 0 Å². The Morgan fingerprint density at radius 1 is 1.09 bits per heavy atom. The number of para-hydroxylation sites is 2. The van der Waals surface area contributed by atoms with Gasteiger partial charge in [0.05, 0.1) is 10.5 Å². The van der Waals surface area contributed by atoms with Crippen LogP contribution in [0.2, 0.25) is 5.15 Å². The van der Waals surface area contributed by atoms with Crippen LogP contribution in [-0.4, -0.2) is 21.0 Å². The van der Waals surface area contributed by atoms with Gasteiger partial charge in [-0.05, 0) is 6.07 Å². The summed E-state index contributed by atoms with van der Waals surface area (Å²) in [5.74, 6) is 0. The van der Waals surface area contributed by atoms with Crippen molar-refractivity contribution < 1.29 is 9.72 Å². The highest BCUT2D eigenvalue weighted by Gasteiger charge is 2.23. The highest BCUT2D eigenvalue weighted by atomic mass is 35.5. The number of rotatable bonds is 4. The molecule has 0 unspecified atom stereocenters. The Balaban J connectivity index is 2.25. The fourth-order valence-electron chi connectivity index (χ4n) is 2.28. The number of nitro benzene ring substituents is 1. The summed E-state index contributed by atoms with van der Waals surface area (Å²) in [6.45, 7) is 0. The largest absolute Gasteiger partial charge is 0.298 e. The maximum atomic E-state index is 11.4. The van der Waals surface area contributed by atoms with Crippen LogP contribution in [0, 0.1) is 10.1 Å². The van der Waals surface area contributed by atoms with E-state index in [1.165, 1.54) is 16.8 Å². The first-order chi connectivity index (χ1) is 11.1. The van der Waals surface area contributed by atoms with Crippen molar-refractivity contribution in [2.45, 2.75) is 0 Å². The molecular weight excluding hydrogens is 318 g/mol. The lowest BCUT2D eigenvalue weighted by Crippen LogP contribution is -2.01. The number of benzene rings is 2. The van der Waals surface area contributed by atoms with Crippen LogP contribution < -0.4 is 0 Å². The van der Waals surface area contributed by atoms with Crippen LogP contribution in [0.4, 0.5) is 5.69 Å². The molecule has 0 aliphatic heterocycles. The molecule has 0 atom stereocenters. The predicted molar refractivity (Wildman–Crippen MR) is 86.1 cm³/mol. The normalized spacial score (nSPS) is 10.5. The molecule has 114 valence electrons. The maximum Gasteiger partial charge on any atom is 0.294 e. The first kappa shape index (κ1) is 14.9. The molecule has 0 saturated heterocycles. The number of hydrogen-bond donors (Lipinski definition) is 0. The summed E-state index contributed by atoms with van der Waals surface area (Å²) in [6, 6.07) is 15.1. The van der Waals surface area contributed by atoms with Crippen LogP contribution in [0.3, 0.4) is 0 Å². The number of halogens is 1. The van der Waals surface area contributed by atoms with Crippen LogP contribution in [0.5, 0.6) is 0 Å². The summed E-state index contributed by atoms with van der Waals surface area (Å²) in [7, 11) is 0. The second-order valence-electron chi connectivity index (χ2n) is 4.69. The van der Waals surface area contributed by atoms with E-state index in [0.717, 1.165) is 0 Å². The zero-order chi connectivity index (χ0) is 16.4. The van der Waals surface area contributed by atoms with Crippen LogP contribution in [0.1, 0.15) is 10.4 Å². The van der Waals surface area contributed by atoms with Crippen molar-refractivity contribution >= 4 is 23.6 Å². The molecule has 3 rings (SSSR count). The molecule has 1 aromatic heterocycles. The number of nitrogens with zero attached hydrogens (tertiary/aromatic N) is 3. The fraction of sp³-hybridized carbons (Fsp3) is 0. The molecule has 7 heteroatoms. The molecule has 0 N–H and O–H groups in total. The highest BCUT2D eigenvalue weighted by Crippen LogP contribution is 2.32. The number of nitro groups is 1. The van der Waals surface area contributed by atoms with Gasteiger partial charge in [0.25, 0.3) is 5.69 Å². The molecule has 23 heavy (non-hydrogen) atoms. The zero-order valence-corrected chi connectivity index (χ0v) is 12.5. The third-order valence-electron chi connectivity index (χ3n) is 3.34. The minimum absolute atomic E-state index is 0.0353. The first-order valence-corrected chi connectivity index (χ1v) is 7.04. The Labute approximate surface area is 136 Å². The van der Waals surface area contributed by atoms with Gasteiger partial charge < -0.3 is 0 Å². The monoisotopic (exact) mass is 327 g/mol. The van der Waals surface area contributed by atoms with Gasteiger partial charge in [0.2, 0.25) is 0 Å². The molecule has 2 aromatic carbocycles. The average molecular weight is 328 g/mol. The van der Waals surface area contributed by atoms with Crippen molar-refractivity contribution in [3.8, 4) is 16.9 Å². The summed E-state index contributed by atoms with van der Waals surface area (Å²) in [5, 5.41) is 15.5. The van der Waals surface area contributed by atoms with E-state index in [0.29, 0.717) is 17.5 Å². The standard InChI is InChI=1S/C16H10ClN3O3/c17-16-12(10-21)15(11-6-2-1-3-7-11)18-19(16)13-8-4-5-9-14(13)20(22)23/h1-10H. The zero-order valence-electron chi connectivity index (χ0n) is 11.7. The maximum absolute atomic E-state index is 11.4. The molecule has 6 nitrogen and oxygen atoms in total. The van der Waals surface area contributed by atoms with Crippen molar-refractivity contribution in [2.75, 3.05) is 0 Å². The van der Waals surface area contributed by atoms with Crippen LogP contribution >= 0.6 is 11.6 Å². The van der Waals surface area contributed by atoms with E-state index in [1.807, 2.05) is 18.2 Å². The second-order valence-corrected chi connectivity index (χ2v) is 5.05. The minimum atomic E-state index is -0.518. The van der Waals surface area contributed by atoms with Crippen LogP contribution in [0.15, 0.2) is 54.6 Å². The van der Waals surface area contributed by atoms with Crippen molar-refractivity contribution in [3.05, 3.63) is 75.4 Å². The lowest BCUT2D eigenvalue weighted by atomic mass is 10.1. The van der Waals surface area contributed by atoms with Crippen molar-refractivity contribution in [3.63, 3.8) is 0 Å². The van der Waals surface area contributed by atoms with Crippen LogP contribution in [0.25, 0.3) is 16.9 Å². The fourth-order valence-corrected chi connectivity index (χ4v) is 2.54. The SMILES string of the molecule is O=Cc1c(-c2ccccc2)nn(-c2ccccc2[N+](=O)[O-])c1Cl. The van der Waals surface area contributed by atoms with Gasteiger partial charge in [-0.1, -0.05) is 54.1 Å². The van der Waals surface area contributed by atoms with Gasteiger partial charge in [0.15, 0.2) is 6.29 Å². The Morgan fingerprint density at radius 3 is 2.39 bits per heavy atom. The molecule has 0 fully saturated rings. The Morgan fingerprint density at radius 2 is 1.74 bits per heavy atom. The van der Waals surface area contributed by atoms with Gasteiger partial charge >= 0.3 is 0 Å². The van der Waals surface area contributed by atoms with Crippen LogP contribution in [-0.2, 0) is 0 Å². The summed E-state index contributed by atoms with van der Waals surface area (Å²) in [4.78, 5) is 22.1. The van der Waals surface area contributed by atoms with Crippen molar-refractivity contribution in [2.24, 2.45) is 0 Å². The average Bonchev–Trinajstić information content (AvgIpc) is 2.92. The van der Waals surface area contributed by atoms with Crippen molar-refractivity contribution in [1.82, 2.24) is 9.78 Å². The van der Waals surface area contributed by atoms with Gasteiger partial charge in [0.1, 0.15) is 16.5 Å². The number of carbonyl (C=O) groups excluding carboxylic acids is 1. The smallest absolute Gasteiger partial charge is 0.294 e. The number of aldehydes is 1. The number of aromatic nitrogens is 2. The van der Waals surface area contributed by atoms with E-state index >= 15 is 0 Å². The predicted octanol–water partition coefficient (Wildman–Crippen LogP) is 3.91. The highest BCUT2D eigenvalue weighted by molar-refractivity contribution is 6.32. The molecule has 0 spiro atoms. The minimum Gasteiger partial charge on any atom is -0.298 e. The van der Waals surface area contributed by atoms with Gasteiger partial charge in [-0.25, -0.2) is 4.68 Å². The Bertz CT molecular complexity index is 891. The third-order valence-corrected chi connectivity index (χ3v) is 3.70. The van der Waals surface area contributed by atoms with E-state index in [-0.39, 0.29) is 22.1 Å². The molecule has 0 amide bonds. The Hall–Kier alpha value is -2.99. The molecule has 0 radical (unpaired) electrons. The van der Waals surface area contributed by atoms with E-state index in [1.54, 1.807) is 24.3 Å². The molecule has 0 aliphatic carbocycles. The summed E-state index contributed by atoms with van der Waals surface area (Å²) in [5.41, 5.74) is 1.33. The van der Waals surface area contributed by atoms with Gasteiger partial charge in [-0.15, -0.1) is 0 Å². The van der Waals surface area contributed by atoms with E-state index in [4.69, 9.17) is 11.6 Å². The lowest BCUT2D eigenvalue weighted by molar-refractivity contribution is -0.384. The first-order valence-electron chi connectivity index (χ1n) is 6.66. The number of carbonyl (C=O) groups is 1. The summed E-state index contributed by atoms with van der Waals surface area (Å²) in [6.07, 6.45) is 0.600. The topological polar surface area (TPSA) is 78.0 Å². The van der Waals surface area contributed by atoms with E-state index in [9.17, 15) is 14.9 Å². The number of hydrogen-bond acceptors (Lipinski definition) is 4. The molecular formula is C16H10ClN3O3. The van der Waals surface area contributed by atoms with Gasteiger partial charge in [0, 0.05) is 11.6 Å². The van der Waals surface area contributed by atoms with Gasteiger partial charge in [-0.3, -0.25) is 14.9 Å². The van der Waals surface area contributed by atoms with E-state index in [2.05, 4.69) is 5.10 Å². The molecule has 0 aliphatic rings. The van der Waals surface area contributed by atoms with E-state index < -0.39 is 4.92 Å². The Kier molecular flexibility index (Phi) is 3.91. The molecule has 1 heterocycles.